The standard InChI is InChI=1S/C26H21F4N3O4S/c1-15(26(28,29)30)32(11-16-2-5-19(27)6-3-16)22(34)12-33-23(35)25(37-24(33)36)9-8-17-10-18(4-7-20(17)25)21-13-38-14-31-21/h2-7,10,13-15H,8-9,11-12H2,1H3/t15?,25-/m1/s1. The molecule has 5 rings (SSSR count). The molecular formula is C26H21F4N3O4S. The smallest absolute Gasteiger partial charge is 0.418 e. The Labute approximate surface area is 218 Å². The summed E-state index contributed by atoms with van der Waals surface area (Å²) in [6, 6.07) is 7.74. The Morgan fingerprint density at radius 2 is 1.95 bits per heavy atom. The second-order valence-corrected chi connectivity index (χ2v) is 9.92. The predicted octanol–water partition coefficient (Wildman–Crippen LogP) is 5.05. The van der Waals surface area contributed by atoms with Gasteiger partial charge in [-0.2, -0.15) is 13.2 Å². The summed E-state index contributed by atoms with van der Waals surface area (Å²) in [5.74, 6) is -2.47. The molecule has 12 heteroatoms. The van der Waals surface area contributed by atoms with Gasteiger partial charge in [0.2, 0.25) is 11.5 Å². The van der Waals surface area contributed by atoms with E-state index in [0.717, 1.165) is 35.9 Å². The lowest BCUT2D eigenvalue weighted by atomic mass is 9.93. The van der Waals surface area contributed by atoms with Crippen molar-refractivity contribution < 1.29 is 36.7 Å². The maximum absolute atomic E-state index is 13.6. The van der Waals surface area contributed by atoms with Crippen molar-refractivity contribution in [1.82, 2.24) is 14.8 Å². The van der Waals surface area contributed by atoms with Crippen LogP contribution in [0.3, 0.4) is 0 Å². The first-order valence-electron chi connectivity index (χ1n) is 11.7. The van der Waals surface area contributed by atoms with Gasteiger partial charge in [0.05, 0.1) is 11.2 Å². The number of aryl methyl sites for hydroxylation is 1. The van der Waals surface area contributed by atoms with Crippen molar-refractivity contribution in [1.29, 1.82) is 0 Å². The normalized spacial score (nSPS) is 19.6. The monoisotopic (exact) mass is 547 g/mol. The Morgan fingerprint density at radius 1 is 1.21 bits per heavy atom. The minimum Gasteiger partial charge on any atom is -0.427 e. The number of rotatable bonds is 6. The number of amides is 3. The number of alkyl halides is 3. The molecule has 0 bridgehead atoms. The molecule has 1 unspecified atom stereocenters. The van der Waals surface area contributed by atoms with Gasteiger partial charge in [-0.05, 0) is 42.7 Å². The molecule has 1 aromatic heterocycles. The molecule has 2 atom stereocenters. The van der Waals surface area contributed by atoms with Crippen molar-refractivity contribution in [3.05, 3.63) is 75.9 Å². The highest BCUT2D eigenvalue weighted by atomic mass is 32.1. The summed E-state index contributed by atoms with van der Waals surface area (Å²) in [5, 5.41) is 1.88. The van der Waals surface area contributed by atoms with Gasteiger partial charge in [-0.25, -0.2) is 19.1 Å². The van der Waals surface area contributed by atoms with Crippen LogP contribution in [0.25, 0.3) is 11.3 Å². The summed E-state index contributed by atoms with van der Waals surface area (Å²) in [6.45, 7) is -0.613. The molecule has 2 aromatic carbocycles. The number of nitrogens with zero attached hydrogens (tertiary/aromatic N) is 3. The van der Waals surface area contributed by atoms with Crippen LogP contribution in [0.5, 0.6) is 0 Å². The number of carbonyl (C=O) groups is 3. The van der Waals surface area contributed by atoms with Gasteiger partial charge in [-0.1, -0.05) is 24.3 Å². The summed E-state index contributed by atoms with van der Waals surface area (Å²) >= 11 is 1.44. The largest absolute Gasteiger partial charge is 0.427 e. The maximum atomic E-state index is 13.6. The van der Waals surface area contributed by atoms with Gasteiger partial charge in [0.25, 0.3) is 5.91 Å². The number of fused-ring (bicyclic) bond motifs is 2. The molecule has 198 valence electrons. The van der Waals surface area contributed by atoms with Crippen molar-refractivity contribution >= 4 is 29.2 Å². The van der Waals surface area contributed by atoms with Gasteiger partial charge in [0.15, 0.2) is 0 Å². The molecule has 3 amide bonds. The average Bonchev–Trinajstić information content (AvgIpc) is 3.59. The summed E-state index contributed by atoms with van der Waals surface area (Å²) < 4.78 is 59.6. The first-order chi connectivity index (χ1) is 18.0. The topological polar surface area (TPSA) is 79.8 Å². The van der Waals surface area contributed by atoms with E-state index in [2.05, 4.69) is 4.98 Å². The molecule has 0 saturated carbocycles. The van der Waals surface area contributed by atoms with E-state index in [1.165, 1.54) is 23.5 Å². The third-order valence-electron chi connectivity index (χ3n) is 6.91. The zero-order valence-electron chi connectivity index (χ0n) is 20.0. The first-order valence-corrected chi connectivity index (χ1v) is 12.6. The quantitative estimate of drug-likeness (QED) is 0.404. The molecular weight excluding hydrogens is 526 g/mol. The van der Waals surface area contributed by atoms with E-state index in [-0.39, 0.29) is 12.0 Å². The molecule has 7 nitrogen and oxygen atoms in total. The first kappa shape index (κ1) is 25.8. The van der Waals surface area contributed by atoms with E-state index >= 15 is 0 Å². The Balaban J connectivity index is 1.39. The van der Waals surface area contributed by atoms with Crippen molar-refractivity contribution in [2.45, 2.75) is 44.1 Å². The molecule has 1 spiro atoms. The van der Waals surface area contributed by atoms with E-state index in [1.807, 2.05) is 11.4 Å². The van der Waals surface area contributed by atoms with E-state index in [1.54, 1.807) is 17.6 Å². The van der Waals surface area contributed by atoms with Crippen molar-refractivity contribution in [2.24, 2.45) is 0 Å². The van der Waals surface area contributed by atoms with E-state index < -0.39 is 54.6 Å². The van der Waals surface area contributed by atoms with Crippen LogP contribution in [-0.4, -0.2) is 51.5 Å². The second kappa shape index (κ2) is 9.50. The molecule has 1 fully saturated rings. The fourth-order valence-corrected chi connectivity index (χ4v) is 5.36. The van der Waals surface area contributed by atoms with Gasteiger partial charge in [0, 0.05) is 29.5 Å². The zero-order valence-corrected chi connectivity index (χ0v) is 20.8. The molecule has 2 heterocycles. The third kappa shape index (κ3) is 4.53. The van der Waals surface area contributed by atoms with Crippen molar-refractivity contribution in [3.8, 4) is 11.3 Å². The highest BCUT2D eigenvalue weighted by molar-refractivity contribution is 7.07. The van der Waals surface area contributed by atoms with Crippen LogP contribution >= 0.6 is 11.3 Å². The SMILES string of the molecule is CC(N(Cc1ccc(F)cc1)C(=O)CN1C(=O)O[C@@]2(CCc3cc(-c4cscn4)ccc32)C1=O)C(F)(F)F. The molecule has 3 aromatic rings. The summed E-state index contributed by atoms with van der Waals surface area (Å²) in [7, 11) is 0. The molecule has 1 saturated heterocycles. The average molecular weight is 548 g/mol. The zero-order chi connectivity index (χ0) is 27.2. The fraction of sp³-hybridized carbons (Fsp3) is 0.308. The Hall–Kier alpha value is -3.80. The fourth-order valence-electron chi connectivity index (χ4n) is 4.80. The highest BCUT2D eigenvalue weighted by Crippen LogP contribution is 2.46. The number of imide groups is 1. The predicted molar refractivity (Wildman–Crippen MR) is 128 cm³/mol. The van der Waals surface area contributed by atoms with Crippen LogP contribution in [0.4, 0.5) is 22.4 Å². The minimum atomic E-state index is -4.77. The van der Waals surface area contributed by atoms with E-state index in [9.17, 15) is 31.9 Å². The van der Waals surface area contributed by atoms with Crippen LogP contribution < -0.4 is 0 Å². The number of hydrogen-bond donors (Lipinski definition) is 0. The third-order valence-corrected chi connectivity index (χ3v) is 7.49. The number of ether oxygens (including phenoxy) is 1. The van der Waals surface area contributed by atoms with Crippen LogP contribution in [0.1, 0.15) is 30.0 Å². The lowest BCUT2D eigenvalue weighted by Crippen LogP contribution is -2.51. The molecule has 1 aliphatic heterocycles. The van der Waals surface area contributed by atoms with Crippen LogP contribution in [0, 0.1) is 5.82 Å². The molecule has 1 aliphatic carbocycles. The lowest BCUT2D eigenvalue weighted by molar-refractivity contribution is -0.187. The van der Waals surface area contributed by atoms with Gasteiger partial charge in [0.1, 0.15) is 18.4 Å². The van der Waals surface area contributed by atoms with Crippen LogP contribution in [-0.2, 0) is 32.9 Å². The van der Waals surface area contributed by atoms with Gasteiger partial charge >= 0.3 is 12.3 Å². The molecule has 2 aliphatic rings. The number of aromatic nitrogens is 1. The maximum Gasteiger partial charge on any atom is 0.418 e. The number of hydrogen-bond acceptors (Lipinski definition) is 6. The highest BCUT2D eigenvalue weighted by Gasteiger charge is 2.58. The van der Waals surface area contributed by atoms with Crippen LogP contribution in [0.15, 0.2) is 53.4 Å². The summed E-state index contributed by atoms with van der Waals surface area (Å²) in [6.07, 6.45) is -5.29. The van der Waals surface area contributed by atoms with Crippen molar-refractivity contribution in [3.63, 3.8) is 0 Å². The summed E-state index contributed by atoms with van der Waals surface area (Å²) in [5.41, 5.74) is 3.18. The van der Waals surface area contributed by atoms with Gasteiger partial charge in [-0.3, -0.25) is 9.59 Å². The molecule has 0 radical (unpaired) electrons. The van der Waals surface area contributed by atoms with Crippen molar-refractivity contribution in [2.75, 3.05) is 6.54 Å². The molecule has 38 heavy (non-hydrogen) atoms. The number of halogens is 4. The van der Waals surface area contributed by atoms with E-state index in [4.69, 9.17) is 4.74 Å². The molecule has 0 N–H and O–H groups in total. The Bertz CT molecular complexity index is 1390. The van der Waals surface area contributed by atoms with Gasteiger partial charge < -0.3 is 9.64 Å². The van der Waals surface area contributed by atoms with Crippen LogP contribution in [0.2, 0.25) is 0 Å². The Kier molecular flexibility index (Phi) is 6.46. The number of benzene rings is 2. The Morgan fingerprint density at radius 3 is 2.61 bits per heavy atom. The van der Waals surface area contributed by atoms with E-state index in [0.29, 0.717) is 21.8 Å². The number of carbonyl (C=O) groups excluding carboxylic acids is 3. The minimum absolute atomic E-state index is 0.149. The second-order valence-electron chi connectivity index (χ2n) is 9.20. The van der Waals surface area contributed by atoms with Gasteiger partial charge in [-0.15, -0.1) is 11.3 Å². The number of thiazole rings is 1. The lowest BCUT2D eigenvalue weighted by Gasteiger charge is -2.31. The summed E-state index contributed by atoms with van der Waals surface area (Å²) in [4.78, 5) is 44.7.